The number of H-pyrrole nitrogens is 1. The van der Waals surface area contributed by atoms with Crippen LogP contribution in [0.5, 0.6) is 11.5 Å². The Morgan fingerprint density at radius 2 is 1.75 bits per heavy atom. The van der Waals surface area contributed by atoms with Gasteiger partial charge in [-0.15, -0.1) is 0 Å². The number of hydroxylamine groups is 1. The predicted octanol–water partition coefficient (Wildman–Crippen LogP) is 4.61. The maximum atomic E-state index is 12.7. The molecule has 3 aromatic carbocycles. The molecular weight excluding hydrogens is 510 g/mol. The molecule has 9 heteroatoms. The van der Waals surface area contributed by atoms with E-state index in [9.17, 15) is 9.59 Å². The normalized spacial score (nSPS) is 11.2. The zero-order chi connectivity index (χ0) is 28.3. The van der Waals surface area contributed by atoms with E-state index >= 15 is 0 Å². The van der Waals surface area contributed by atoms with Crippen LogP contribution in [0.3, 0.4) is 0 Å². The summed E-state index contributed by atoms with van der Waals surface area (Å²) in [6, 6.07) is 20.9. The maximum Gasteiger partial charge on any atom is 0.338 e. The molecule has 0 atom stereocenters. The zero-order valence-corrected chi connectivity index (χ0v) is 22.6. The number of hydrogen-bond donors (Lipinski definition) is 3. The van der Waals surface area contributed by atoms with Crippen LogP contribution < -0.4 is 15.0 Å². The SMILES string of the molecule is COc1ccc(C(=O)OCCN(CCc2c[nH]c3ccccc23)Cc2ccc(/C=C/C(=O)NO)cc2)cc1OC. The van der Waals surface area contributed by atoms with Gasteiger partial charge in [0.1, 0.15) is 6.61 Å². The molecule has 4 aromatic rings. The lowest BCUT2D eigenvalue weighted by atomic mass is 10.1. The summed E-state index contributed by atoms with van der Waals surface area (Å²) < 4.78 is 16.1. The van der Waals surface area contributed by atoms with E-state index in [4.69, 9.17) is 19.4 Å². The number of ether oxygens (including phenoxy) is 3. The van der Waals surface area contributed by atoms with Crippen molar-refractivity contribution in [2.45, 2.75) is 13.0 Å². The Morgan fingerprint density at radius 1 is 0.975 bits per heavy atom. The molecule has 0 saturated carbocycles. The first-order valence-corrected chi connectivity index (χ1v) is 12.9. The molecule has 1 heterocycles. The number of methoxy groups -OCH3 is 2. The Bertz CT molecular complexity index is 1460. The third-order valence-electron chi connectivity index (χ3n) is 6.56. The molecule has 0 aliphatic rings. The molecule has 0 bridgehead atoms. The first kappa shape index (κ1) is 28.4. The van der Waals surface area contributed by atoms with Gasteiger partial charge in [-0.2, -0.15) is 0 Å². The highest BCUT2D eigenvalue weighted by Crippen LogP contribution is 2.27. The molecule has 0 aliphatic heterocycles. The summed E-state index contributed by atoms with van der Waals surface area (Å²) in [5.41, 5.74) is 6.21. The van der Waals surface area contributed by atoms with E-state index in [0.717, 1.165) is 29.6 Å². The largest absolute Gasteiger partial charge is 0.493 e. The Labute approximate surface area is 232 Å². The number of nitrogens with zero attached hydrogens (tertiary/aromatic N) is 1. The predicted molar refractivity (Wildman–Crippen MR) is 153 cm³/mol. The highest BCUT2D eigenvalue weighted by atomic mass is 16.5. The third-order valence-corrected chi connectivity index (χ3v) is 6.56. The van der Waals surface area contributed by atoms with Crippen molar-refractivity contribution < 1.29 is 29.0 Å². The topological polar surface area (TPSA) is 113 Å². The van der Waals surface area contributed by atoms with Gasteiger partial charge in [-0.3, -0.25) is 14.9 Å². The molecule has 9 nitrogen and oxygen atoms in total. The van der Waals surface area contributed by atoms with Crippen molar-refractivity contribution in [3.05, 3.63) is 101 Å². The summed E-state index contributed by atoms with van der Waals surface area (Å²) in [5.74, 6) is -0.0102. The molecular formula is C31H33N3O6. The molecule has 0 spiro atoms. The van der Waals surface area contributed by atoms with Crippen LogP contribution in [-0.2, 0) is 22.5 Å². The molecule has 0 fully saturated rings. The van der Waals surface area contributed by atoms with Crippen LogP contribution >= 0.6 is 0 Å². The van der Waals surface area contributed by atoms with E-state index in [1.807, 2.05) is 42.6 Å². The van der Waals surface area contributed by atoms with Crippen LogP contribution in [0, 0.1) is 0 Å². The van der Waals surface area contributed by atoms with Crippen molar-refractivity contribution >= 4 is 28.9 Å². The first-order chi connectivity index (χ1) is 19.5. The van der Waals surface area contributed by atoms with E-state index in [1.165, 1.54) is 24.1 Å². The summed E-state index contributed by atoms with van der Waals surface area (Å²) in [4.78, 5) is 29.5. The van der Waals surface area contributed by atoms with Crippen molar-refractivity contribution in [2.24, 2.45) is 0 Å². The van der Waals surface area contributed by atoms with Gasteiger partial charge in [0.2, 0.25) is 0 Å². The molecule has 4 rings (SSSR count). The smallest absolute Gasteiger partial charge is 0.338 e. The number of fused-ring (bicyclic) bond motifs is 1. The standard InChI is InChI=1S/C31H33N3O6/c1-38-28-13-12-24(19-29(28)39-2)31(36)40-18-17-34(16-15-25-20-32-27-6-4-3-5-26(25)27)21-23-9-7-22(8-10-23)11-14-30(35)33-37/h3-14,19-20,32,37H,15-18,21H2,1-2H3,(H,33,35)/b14-11+. The van der Waals surface area contributed by atoms with Gasteiger partial charge in [-0.25, -0.2) is 10.3 Å². The molecule has 0 aliphatic carbocycles. The van der Waals surface area contributed by atoms with Gasteiger partial charge >= 0.3 is 5.97 Å². The number of aromatic amines is 1. The fraction of sp³-hybridized carbons (Fsp3) is 0.226. The van der Waals surface area contributed by atoms with Crippen molar-refractivity contribution in [1.82, 2.24) is 15.4 Å². The maximum absolute atomic E-state index is 12.7. The van der Waals surface area contributed by atoms with Gasteiger partial charge in [0.25, 0.3) is 5.91 Å². The number of esters is 1. The quantitative estimate of drug-likeness (QED) is 0.0977. The number of rotatable bonds is 13. The molecule has 40 heavy (non-hydrogen) atoms. The third kappa shape index (κ3) is 7.49. The van der Waals surface area contributed by atoms with Crippen LogP contribution in [0.15, 0.2) is 79.0 Å². The van der Waals surface area contributed by atoms with E-state index < -0.39 is 11.9 Å². The minimum absolute atomic E-state index is 0.220. The van der Waals surface area contributed by atoms with Crippen LogP contribution in [0.25, 0.3) is 17.0 Å². The van der Waals surface area contributed by atoms with Crippen LogP contribution in [0.4, 0.5) is 0 Å². The fourth-order valence-electron chi connectivity index (χ4n) is 4.40. The van der Waals surface area contributed by atoms with Gasteiger partial charge in [0, 0.05) is 42.8 Å². The van der Waals surface area contributed by atoms with E-state index in [2.05, 4.69) is 22.0 Å². The van der Waals surface area contributed by atoms with Gasteiger partial charge in [0.05, 0.1) is 19.8 Å². The average Bonchev–Trinajstić information content (AvgIpc) is 3.41. The molecule has 3 N–H and O–H groups in total. The minimum Gasteiger partial charge on any atom is -0.493 e. The number of carbonyl (C=O) groups is 2. The molecule has 1 amide bonds. The highest BCUT2D eigenvalue weighted by Gasteiger charge is 2.14. The van der Waals surface area contributed by atoms with Gasteiger partial charge < -0.3 is 19.2 Å². The average molecular weight is 544 g/mol. The Kier molecular flexibility index (Phi) is 9.93. The summed E-state index contributed by atoms with van der Waals surface area (Å²) in [6.45, 7) is 2.17. The number of para-hydroxylation sites is 1. The van der Waals surface area contributed by atoms with E-state index in [1.54, 1.807) is 36.9 Å². The Hall–Kier alpha value is -4.60. The highest BCUT2D eigenvalue weighted by molar-refractivity contribution is 5.91. The van der Waals surface area contributed by atoms with E-state index in [0.29, 0.717) is 30.2 Å². The molecule has 0 radical (unpaired) electrons. The minimum atomic E-state index is -0.588. The summed E-state index contributed by atoms with van der Waals surface area (Å²) in [7, 11) is 3.06. The molecule has 0 saturated heterocycles. The summed E-state index contributed by atoms with van der Waals surface area (Å²) >= 11 is 0. The monoisotopic (exact) mass is 543 g/mol. The lowest BCUT2D eigenvalue weighted by Crippen LogP contribution is -2.30. The number of benzene rings is 3. The first-order valence-electron chi connectivity index (χ1n) is 12.9. The van der Waals surface area contributed by atoms with Crippen molar-refractivity contribution in [1.29, 1.82) is 0 Å². The number of nitrogens with one attached hydrogen (secondary N) is 2. The molecule has 1 aromatic heterocycles. The van der Waals surface area contributed by atoms with Crippen molar-refractivity contribution in [3.8, 4) is 11.5 Å². The lowest BCUT2D eigenvalue weighted by Gasteiger charge is -2.22. The van der Waals surface area contributed by atoms with Gasteiger partial charge in [0.15, 0.2) is 11.5 Å². The van der Waals surface area contributed by atoms with Crippen LogP contribution in [-0.4, -0.2) is 60.9 Å². The second-order valence-corrected chi connectivity index (χ2v) is 9.14. The number of aromatic nitrogens is 1. The van der Waals surface area contributed by atoms with Crippen LogP contribution in [0.1, 0.15) is 27.0 Å². The fourth-order valence-corrected chi connectivity index (χ4v) is 4.40. The molecule has 208 valence electrons. The Balaban J connectivity index is 1.41. The van der Waals surface area contributed by atoms with Gasteiger partial charge in [-0.1, -0.05) is 42.5 Å². The number of carbonyl (C=O) groups excluding carboxylic acids is 2. The Morgan fingerprint density at radius 3 is 2.50 bits per heavy atom. The second-order valence-electron chi connectivity index (χ2n) is 9.14. The summed E-state index contributed by atoms with van der Waals surface area (Å²) in [5, 5.41) is 9.85. The second kappa shape index (κ2) is 14.0. The molecule has 0 unspecified atom stereocenters. The summed E-state index contributed by atoms with van der Waals surface area (Å²) in [6.07, 6.45) is 5.75. The number of hydrogen-bond acceptors (Lipinski definition) is 7. The van der Waals surface area contributed by atoms with Gasteiger partial charge in [-0.05, 0) is 53.5 Å². The van der Waals surface area contributed by atoms with Crippen molar-refractivity contribution in [2.75, 3.05) is 33.9 Å². The van der Waals surface area contributed by atoms with E-state index in [-0.39, 0.29) is 6.61 Å². The van der Waals surface area contributed by atoms with Crippen molar-refractivity contribution in [3.63, 3.8) is 0 Å². The number of amides is 1. The zero-order valence-electron chi connectivity index (χ0n) is 22.6. The lowest BCUT2D eigenvalue weighted by molar-refractivity contribution is -0.124. The van der Waals surface area contributed by atoms with Crippen LogP contribution in [0.2, 0.25) is 0 Å².